The number of anilines is 2. The highest BCUT2D eigenvalue weighted by Gasteiger charge is 2.20. The fraction of sp³-hybridized carbons (Fsp3) is 0.533. The van der Waals surface area contributed by atoms with Crippen LogP contribution in [-0.2, 0) is 0 Å². The number of carbonyl (C=O) groups excluding carboxylic acids is 1. The van der Waals surface area contributed by atoms with Crippen LogP contribution in [0.2, 0.25) is 0 Å². The fourth-order valence-electron chi connectivity index (χ4n) is 4.81. The van der Waals surface area contributed by atoms with Crippen LogP contribution >= 0.6 is 0 Å². The molecule has 1 aliphatic rings. The van der Waals surface area contributed by atoms with Crippen molar-refractivity contribution >= 4 is 28.8 Å². The third kappa shape index (κ3) is 8.40. The maximum Gasteiger partial charge on any atom is 0.320 e. The standard InChI is InChI=1S/C30H44N8O3/c1-20(2)38-13-11-37(12-14-38)10-8-9-31-28-32-19-22-17-25(21-15-23(40-6)18-24(16-21)41-7)27(33-26(22)34-28)35-29(39)36-30(3,4)5/h15-20H,8-14H2,1-7H3,(H3,31,32,33,34,35,36,39). The molecule has 41 heavy (non-hydrogen) atoms. The third-order valence-electron chi connectivity index (χ3n) is 7.02. The van der Waals surface area contributed by atoms with Crippen molar-refractivity contribution in [3.05, 3.63) is 30.5 Å². The number of urea groups is 1. The Morgan fingerprint density at radius 2 is 1.68 bits per heavy atom. The molecular weight excluding hydrogens is 520 g/mol. The molecule has 1 aromatic carbocycles. The molecule has 0 unspecified atom stereocenters. The van der Waals surface area contributed by atoms with Gasteiger partial charge in [-0.05, 0) is 71.3 Å². The minimum atomic E-state index is -0.415. The number of nitrogens with zero attached hydrogens (tertiary/aromatic N) is 5. The van der Waals surface area contributed by atoms with E-state index in [1.807, 2.05) is 39.0 Å². The van der Waals surface area contributed by atoms with Gasteiger partial charge in [-0.25, -0.2) is 14.8 Å². The first-order valence-electron chi connectivity index (χ1n) is 14.3. The number of ether oxygens (including phenoxy) is 2. The van der Waals surface area contributed by atoms with Crippen LogP contribution in [-0.4, -0.2) is 95.9 Å². The summed E-state index contributed by atoms with van der Waals surface area (Å²) in [6, 6.07) is 7.71. The van der Waals surface area contributed by atoms with Gasteiger partial charge in [0.2, 0.25) is 5.95 Å². The van der Waals surface area contributed by atoms with Crippen LogP contribution in [0.25, 0.3) is 22.2 Å². The van der Waals surface area contributed by atoms with Gasteiger partial charge in [0.15, 0.2) is 5.65 Å². The zero-order valence-corrected chi connectivity index (χ0v) is 25.4. The van der Waals surface area contributed by atoms with Crippen molar-refractivity contribution < 1.29 is 14.3 Å². The van der Waals surface area contributed by atoms with E-state index < -0.39 is 5.54 Å². The highest BCUT2D eigenvalue weighted by atomic mass is 16.5. The number of piperazine rings is 1. The molecule has 1 aliphatic heterocycles. The second-order valence-electron chi connectivity index (χ2n) is 11.7. The van der Waals surface area contributed by atoms with Gasteiger partial charge in [-0.1, -0.05) is 0 Å². The zero-order valence-electron chi connectivity index (χ0n) is 25.4. The molecule has 2 amide bonds. The number of benzene rings is 1. The predicted octanol–water partition coefficient (Wildman–Crippen LogP) is 4.46. The molecule has 3 aromatic rings. The van der Waals surface area contributed by atoms with Crippen molar-refractivity contribution in [1.82, 2.24) is 30.1 Å². The summed E-state index contributed by atoms with van der Waals surface area (Å²) in [4.78, 5) is 31.8. The van der Waals surface area contributed by atoms with Crippen LogP contribution in [0.1, 0.15) is 41.0 Å². The summed E-state index contributed by atoms with van der Waals surface area (Å²) in [5.74, 6) is 2.14. The van der Waals surface area contributed by atoms with Crippen LogP contribution in [0.4, 0.5) is 16.6 Å². The highest BCUT2D eigenvalue weighted by molar-refractivity contribution is 5.96. The molecule has 0 radical (unpaired) electrons. The van der Waals surface area contributed by atoms with Gasteiger partial charge in [-0.15, -0.1) is 0 Å². The van der Waals surface area contributed by atoms with E-state index in [1.54, 1.807) is 26.5 Å². The van der Waals surface area contributed by atoms with Gasteiger partial charge in [0, 0.05) is 67.5 Å². The number of nitrogens with one attached hydrogen (secondary N) is 3. The number of aromatic nitrogens is 3. The maximum atomic E-state index is 12.9. The zero-order chi connectivity index (χ0) is 29.6. The van der Waals surface area contributed by atoms with Crippen molar-refractivity contribution in [3.8, 4) is 22.6 Å². The number of amides is 2. The fourth-order valence-corrected chi connectivity index (χ4v) is 4.81. The van der Waals surface area contributed by atoms with Gasteiger partial charge in [-0.2, -0.15) is 4.98 Å². The lowest BCUT2D eigenvalue weighted by molar-refractivity contribution is 0.108. The summed E-state index contributed by atoms with van der Waals surface area (Å²) < 4.78 is 10.9. The lowest BCUT2D eigenvalue weighted by Gasteiger charge is -2.36. The first-order chi connectivity index (χ1) is 19.5. The molecule has 11 heteroatoms. The first kappa shape index (κ1) is 30.3. The molecule has 0 saturated carbocycles. The van der Waals surface area contributed by atoms with Gasteiger partial charge in [0.25, 0.3) is 0 Å². The second-order valence-corrected chi connectivity index (χ2v) is 11.7. The SMILES string of the molecule is COc1cc(OC)cc(-c2cc3cnc(NCCCN4CCN(C(C)C)CC4)nc3nc2NC(=O)NC(C)(C)C)c1. The topological polar surface area (TPSA) is 117 Å². The number of hydrogen-bond acceptors (Lipinski definition) is 9. The second kappa shape index (κ2) is 13.3. The Morgan fingerprint density at radius 1 is 1.00 bits per heavy atom. The third-order valence-corrected chi connectivity index (χ3v) is 7.02. The molecule has 1 saturated heterocycles. The normalized spacial score (nSPS) is 14.7. The first-order valence-corrected chi connectivity index (χ1v) is 14.3. The Morgan fingerprint density at radius 3 is 2.29 bits per heavy atom. The molecule has 1 fully saturated rings. The quantitative estimate of drug-likeness (QED) is 0.307. The van der Waals surface area contributed by atoms with Gasteiger partial charge in [-0.3, -0.25) is 10.2 Å². The van der Waals surface area contributed by atoms with E-state index >= 15 is 0 Å². The number of rotatable bonds is 10. The summed E-state index contributed by atoms with van der Waals surface area (Å²) >= 11 is 0. The molecule has 2 aromatic heterocycles. The van der Waals surface area contributed by atoms with E-state index in [4.69, 9.17) is 14.5 Å². The van der Waals surface area contributed by atoms with Crippen molar-refractivity contribution in [2.75, 3.05) is 64.1 Å². The number of methoxy groups -OCH3 is 2. The highest BCUT2D eigenvalue weighted by Crippen LogP contribution is 2.35. The molecule has 0 aliphatic carbocycles. The van der Waals surface area contributed by atoms with Gasteiger partial charge in [0.1, 0.15) is 17.3 Å². The average Bonchev–Trinajstić information content (AvgIpc) is 2.93. The maximum absolute atomic E-state index is 12.9. The monoisotopic (exact) mass is 564 g/mol. The lowest BCUT2D eigenvalue weighted by atomic mass is 10.0. The van der Waals surface area contributed by atoms with E-state index in [2.05, 4.69) is 49.6 Å². The van der Waals surface area contributed by atoms with E-state index in [0.29, 0.717) is 40.5 Å². The van der Waals surface area contributed by atoms with Crippen LogP contribution in [0.15, 0.2) is 30.5 Å². The van der Waals surface area contributed by atoms with Crippen molar-refractivity contribution in [1.29, 1.82) is 0 Å². The molecule has 0 atom stereocenters. The van der Waals surface area contributed by atoms with Crippen LogP contribution in [0.5, 0.6) is 11.5 Å². The Bertz CT molecular complexity index is 1310. The van der Waals surface area contributed by atoms with E-state index in [1.165, 1.54) is 0 Å². The minimum absolute atomic E-state index is 0.359. The average molecular weight is 565 g/mol. The van der Waals surface area contributed by atoms with E-state index in [0.717, 1.165) is 56.6 Å². The predicted molar refractivity (Wildman–Crippen MR) is 164 cm³/mol. The lowest BCUT2D eigenvalue weighted by Crippen LogP contribution is -2.49. The van der Waals surface area contributed by atoms with Crippen molar-refractivity contribution in [2.45, 2.75) is 52.6 Å². The van der Waals surface area contributed by atoms with Gasteiger partial charge >= 0.3 is 6.03 Å². The summed E-state index contributed by atoms with van der Waals surface area (Å²) in [6.45, 7) is 16.5. The summed E-state index contributed by atoms with van der Waals surface area (Å²) in [7, 11) is 3.20. The smallest absolute Gasteiger partial charge is 0.320 e. The number of pyridine rings is 1. The van der Waals surface area contributed by atoms with Crippen LogP contribution in [0, 0.1) is 0 Å². The molecule has 0 bridgehead atoms. The number of hydrogen-bond donors (Lipinski definition) is 3. The molecule has 3 heterocycles. The number of fused-ring (bicyclic) bond motifs is 1. The molecule has 3 N–H and O–H groups in total. The van der Waals surface area contributed by atoms with Crippen LogP contribution < -0.4 is 25.4 Å². The van der Waals surface area contributed by atoms with Crippen molar-refractivity contribution in [2.24, 2.45) is 0 Å². The molecule has 222 valence electrons. The van der Waals surface area contributed by atoms with Gasteiger partial charge < -0.3 is 25.0 Å². The number of carbonyl (C=O) groups is 1. The molecule has 4 rings (SSSR count). The Labute approximate surface area is 243 Å². The Balaban J connectivity index is 1.52. The van der Waals surface area contributed by atoms with E-state index in [9.17, 15) is 4.79 Å². The molecule has 11 nitrogen and oxygen atoms in total. The Hall–Kier alpha value is -3.70. The summed E-state index contributed by atoms with van der Waals surface area (Å²) in [6.07, 6.45) is 2.75. The van der Waals surface area contributed by atoms with Crippen molar-refractivity contribution in [3.63, 3.8) is 0 Å². The van der Waals surface area contributed by atoms with Crippen LogP contribution in [0.3, 0.4) is 0 Å². The molecule has 0 spiro atoms. The summed E-state index contributed by atoms with van der Waals surface area (Å²) in [5, 5.41) is 9.93. The largest absolute Gasteiger partial charge is 0.497 e. The summed E-state index contributed by atoms with van der Waals surface area (Å²) in [5.41, 5.74) is 1.54. The van der Waals surface area contributed by atoms with E-state index in [-0.39, 0.29) is 6.03 Å². The van der Waals surface area contributed by atoms with Gasteiger partial charge in [0.05, 0.1) is 14.2 Å². The molecular formula is C30H44N8O3. The minimum Gasteiger partial charge on any atom is -0.497 e. The Kier molecular flexibility index (Phi) is 9.82.